The van der Waals surface area contributed by atoms with Crippen LogP contribution >= 0.6 is 0 Å². The number of nitrogens with one attached hydrogen (secondary N) is 1. The molecule has 1 heterocycles. The Hall–Kier alpha value is -2.10. The Bertz CT molecular complexity index is 618. The molecule has 21 heavy (non-hydrogen) atoms. The van der Waals surface area contributed by atoms with Crippen molar-refractivity contribution in [2.45, 2.75) is 40.5 Å². The maximum absolute atomic E-state index is 6.01. The number of hydrogen-bond acceptors (Lipinski definition) is 4. The molecule has 1 N–H and O–H groups in total. The van der Waals surface area contributed by atoms with E-state index in [1.165, 1.54) is 11.1 Å². The highest BCUT2D eigenvalue weighted by Gasteiger charge is 2.12. The largest absolute Gasteiger partial charge is 0.439 e. The van der Waals surface area contributed by atoms with Crippen LogP contribution in [-0.4, -0.2) is 17.0 Å². The third-order valence-electron chi connectivity index (χ3n) is 3.27. The SMILES string of the molecule is CCCc1nc(NC)c(C)c(Oc2cc(C)cc(C)c2)n1. The number of nitrogens with zero attached hydrogens (tertiary/aromatic N) is 2. The van der Waals surface area contributed by atoms with Gasteiger partial charge in [-0.1, -0.05) is 13.0 Å². The summed E-state index contributed by atoms with van der Waals surface area (Å²) in [6.07, 6.45) is 1.85. The summed E-state index contributed by atoms with van der Waals surface area (Å²) in [5.41, 5.74) is 3.29. The molecule has 0 amide bonds. The highest BCUT2D eigenvalue weighted by Crippen LogP contribution is 2.28. The highest BCUT2D eigenvalue weighted by atomic mass is 16.5. The van der Waals surface area contributed by atoms with E-state index in [-0.39, 0.29) is 0 Å². The van der Waals surface area contributed by atoms with Crippen LogP contribution in [0.2, 0.25) is 0 Å². The van der Waals surface area contributed by atoms with Crippen molar-refractivity contribution in [3.63, 3.8) is 0 Å². The molecule has 2 aromatic rings. The zero-order valence-corrected chi connectivity index (χ0v) is 13.4. The maximum Gasteiger partial charge on any atom is 0.227 e. The molecule has 0 radical (unpaired) electrons. The first kappa shape index (κ1) is 15.3. The molecule has 0 unspecified atom stereocenters. The molecule has 0 fully saturated rings. The molecule has 4 nitrogen and oxygen atoms in total. The van der Waals surface area contributed by atoms with Crippen LogP contribution in [0, 0.1) is 20.8 Å². The van der Waals surface area contributed by atoms with E-state index in [1.54, 1.807) is 0 Å². The molecule has 0 aliphatic carbocycles. The van der Waals surface area contributed by atoms with E-state index < -0.39 is 0 Å². The van der Waals surface area contributed by atoms with E-state index in [0.717, 1.165) is 35.8 Å². The lowest BCUT2D eigenvalue weighted by Crippen LogP contribution is -2.05. The Morgan fingerprint density at radius 2 is 1.71 bits per heavy atom. The molecule has 0 spiro atoms. The number of hydrogen-bond donors (Lipinski definition) is 1. The van der Waals surface area contributed by atoms with Gasteiger partial charge >= 0.3 is 0 Å². The summed E-state index contributed by atoms with van der Waals surface area (Å²) >= 11 is 0. The minimum absolute atomic E-state index is 0.628. The first-order chi connectivity index (χ1) is 10.0. The minimum atomic E-state index is 0.628. The Kier molecular flexibility index (Phi) is 4.78. The number of ether oxygens (including phenoxy) is 1. The van der Waals surface area contributed by atoms with Crippen molar-refractivity contribution in [3.05, 3.63) is 40.7 Å². The molecule has 4 heteroatoms. The van der Waals surface area contributed by atoms with Gasteiger partial charge in [0.1, 0.15) is 17.4 Å². The second-order valence-electron chi connectivity index (χ2n) is 5.34. The van der Waals surface area contributed by atoms with Gasteiger partial charge in [-0.05, 0) is 50.5 Å². The molecule has 0 saturated carbocycles. The summed E-state index contributed by atoms with van der Waals surface area (Å²) in [5.74, 6) is 3.08. The molecule has 0 aliphatic heterocycles. The van der Waals surface area contributed by atoms with Crippen LogP contribution in [-0.2, 0) is 6.42 Å². The second-order valence-corrected chi connectivity index (χ2v) is 5.34. The minimum Gasteiger partial charge on any atom is -0.439 e. The van der Waals surface area contributed by atoms with E-state index in [1.807, 2.05) is 26.1 Å². The van der Waals surface area contributed by atoms with Gasteiger partial charge in [-0.3, -0.25) is 0 Å². The molecule has 1 aromatic heterocycles. The predicted molar refractivity (Wildman–Crippen MR) is 86.3 cm³/mol. The number of rotatable bonds is 5. The lowest BCUT2D eigenvalue weighted by molar-refractivity contribution is 0.454. The fourth-order valence-corrected chi connectivity index (χ4v) is 2.32. The Morgan fingerprint density at radius 3 is 2.29 bits per heavy atom. The molecule has 0 bridgehead atoms. The number of aryl methyl sites for hydroxylation is 3. The third-order valence-corrected chi connectivity index (χ3v) is 3.27. The van der Waals surface area contributed by atoms with Gasteiger partial charge in [-0.15, -0.1) is 0 Å². The van der Waals surface area contributed by atoms with Gasteiger partial charge in [0.15, 0.2) is 0 Å². The lowest BCUT2D eigenvalue weighted by atomic mass is 10.1. The van der Waals surface area contributed by atoms with Gasteiger partial charge in [-0.25, -0.2) is 4.98 Å². The number of anilines is 1. The molecule has 0 saturated heterocycles. The predicted octanol–water partition coefficient (Wildman–Crippen LogP) is 4.19. The molecule has 1 aromatic carbocycles. The molecule has 0 atom stereocenters. The third kappa shape index (κ3) is 3.72. The van der Waals surface area contributed by atoms with Crippen LogP contribution in [0.3, 0.4) is 0 Å². The smallest absolute Gasteiger partial charge is 0.227 e. The van der Waals surface area contributed by atoms with Gasteiger partial charge in [0.05, 0.1) is 5.56 Å². The van der Waals surface area contributed by atoms with Crippen LogP contribution in [0.4, 0.5) is 5.82 Å². The molecule has 0 aliphatic rings. The van der Waals surface area contributed by atoms with E-state index in [2.05, 4.69) is 42.1 Å². The van der Waals surface area contributed by atoms with E-state index in [9.17, 15) is 0 Å². The summed E-state index contributed by atoms with van der Waals surface area (Å²) in [6.45, 7) is 8.22. The highest BCUT2D eigenvalue weighted by molar-refractivity contribution is 5.49. The molecular weight excluding hydrogens is 262 g/mol. The normalized spacial score (nSPS) is 10.5. The monoisotopic (exact) mass is 285 g/mol. The summed E-state index contributed by atoms with van der Waals surface area (Å²) in [7, 11) is 1.87. The van der Waals surface area contributed by atoms with Crippen LogP contribution in [0.25, 0.3) is 0 Å². The van der Waals surface area contributed by atoms with Crippen molar-refractivity contribution in [3.8, 4) is 11.6 Å². The fourth-order valence-electron chi connectivity index (χ4n) is 2.32. The molecule has 2 rings (SSSR count). The van der Waals surface area contributed by atoms with Crippen molar-refractivity contribution in [2.75, 3.05) is 12.4 Å². The summed E-state index contributed by atoms with van der Waals surface area (Å²) in [6, 6.07) is 6.17. The quantitative estimate of drug-likeness (QED) is 0.895. The van der Waals surface area contributed by atoms with Crippen molar-refractivity contribution in [1.82, 2.24) is 9.97 Å². The Labute approximate surface area is 126 Å². The van der Waals surface area contributed by atoms with Gasteiger partial charge in [0.2, 0.25) is 5.88 Å². The summed E-state index contributed by atoms with van der Waals surface area (Å²) in [5, 5.41) is 3.11. The second kappa shape index (κ2) is 6.57. The van der Waals surface area contributed by atoms with Crippen LogP contribution < -0.4 is 10.1 Å². The van der Waals surface area contributed by atoms with E-state index in [0.29, 0.717) is 5.88 Å². The van der Waals surface area contributed by atoms with Gasteiger partial charge < -0.3 is 10.1 Å². The van der Waals surface area contributed by atoms with Crippen LogP contribution in [0.15, 0.2) is 18.2 Å². The van der Waals surface area contributed by atoms with Crippen LogP contribution in [0.5, 0.6) is 11.6 Å². The average Bonchev–Trinajstić information content (AvgIpc) is 2.41. The Morgan fingerprint density at radius 1 is 1.05 bits per heavy atom. The van der Waals surface area contributed by atoms with Gasteiger partial charge in [0, 0.05) is 13.5 Å². The average molecular weight is 285 g/mol. The lowest BCUT2D eigenvalue weighted by Gasteiger charge is -2.13. The first-order valence-electron chi connectivity index (χ1n) is 7.35. The topological polar surface area (TPSA) is 47.0 Å². The Balaban J connectivity index is 2.39. The van der Waals surface area contributed by atoms with Crippen LogP contribution in [0.1, 0.15) is 35.9 Å². The van der Waals surface area contributed by atoms with Gasteiger partial charge in [0.25, 0.3) is 0 Å². The van der Waals surface area contributed by atoms with Gasteiger partial charge in [-0.2, -0.15) is 4.98 Å². The van der Waals surface area contributed by atoms with Crippen molar-refractivity contribution >= 4 is 5.82 Å². The van der Waals surface area contributed by atoms with E-state index in [4.69, 9.17) is 4.74 Å². The molecular formula is C17H23N3O. The van der Waals surface area contributed by atoms with Crippen molar-refractivity contribution < 1.29 is 4.74 Å². The molecule has 112 valence electrons. The summed E-state index contributed by atoms with van der Waals surface area (Å²) < 4.78 is 6.01. The summed E-state index contributed by atoms with van der Waals surface area (Å²) in [4.78, 5) is 9.07. The zero-order valence-electron chi connectivity index (χ0n) is 13.4. The van der Waals surface area contributed by atoms with Crippen molar-refractivity contribution in [2.24, 2.45) is 0 Å². The number of benzene rings is 1. The standard InChI is InChI=1S/C17H23N3O/c1-6-7-15-19-16(18-5)13(4)17(20-15)21-14-9-11(2)8-12(3)10-14/h8-10H,6-7H2,1-5H3,(H,18,19,20). The first-order valence-corrected chi connectivity index (χ1v) is 7.35. The number of aromatic nitrogens is 2. The fraction of sp³-hybridized carbons (Fsp3) is 0.412. The maximum atomic E-state index is 6.01. The zero-order chi connectivity index (χ0) is 15.4. The van der Waals surface area contributed by atoms with Crippen molar-refractivity contribution in [1.29, 1.82) is 0 Å². The van der Waals surface area contributed by atoms with E-state index >= 15 is 0 Å².